The molecule has 3 rings (SSSR count). The lowest BCUT2D eigenvalue weighted by atomic mass is 10.1. The number of nitrogens with one attached hydrogen (secondary N) is 2. The number of carbonyl (C=O) groups excluding carboxylic acids is 1. The van der Waals surface area contributed by atoms with Crippen LogP contribution in [0.4, 0.5) is 16.0 Å². The second-order valence-electron chi connectivity index (χ2n) is 5.99. The van der Waals surface area contributed by atoms with Crippen LogP contribution in [0.25, 0.3) is 0 Å². The van der Waals surface area contributed by atoms with Crippen molar-refractivity contribution in [3.8, 4) is 0 Å². The molecule has 0 saturated carbocycles. The highest BCUT2D eigenvalue weighted by atomic mass is 19.1. The molecule has 1 heterocycles. The molecule has 0 atom stereocenters. The number of para-hydroxylation sites is 1. The van der Waals surface area contributed by atoms with E-state index in [1.165, 1.54) is 17.7 Å². The highest BCUT2D eigenvalue weighted by Crippen LogP contribution is 2.15. The average Bonchev–Trinajstić information content (AvgIpc) is 2.61. The first-order valence-electron chi connectivity index (χ1n) is 8.22. The van der Waals surface area contributed by atoms with E-state index < -0.39 is 11.7 Å². The van der Waals surface area contributed by atoms with Gasteiger partial charge in [0.05, 0.1) is 5.69 Å². The molecule has 5 nitrogen and oxygen atoms in total. The molecule has 1 amide bonds. The molecule has 0 bridgehead atoms. The maximum Gasteiger partial charge on any atom is 0.274 e. The highest BCUT2D eigenvalue weighted by Gasteiger charge is 2.13. The fourth-order valence-electron chi connectivity index (χ4n) is 2.52. The lowest BCUT2D eigenvalue weighted by Gasteiger charge is -2.10. The quantitative estimate of drug-likeness (QED) is 0.727. The number of hydrogen-bond donors (Lipinski definition) is 2. The molecule has 0 aliphatic rings. The molecule has 0 saturated heterocycles. The van der Waals surface area contributed by atoms with E-state index in [4.69, 9.17) is 0 Å². The topological polar surface area (TPSA) is 66.9 Å². The minimum Gasteiger partial charge on any atom is -0.350 e. The van der Waals surface area contributed by atoms with E-state index in [9.17, 15) is 9.18 Å². The first kappa shape index (κ1) is 17.5. The number of carbonyl (C=O) groups is 1. The number of aromatic nitrogens is 2. The van der Waals surface area contributed by atoms with Gasteiger partial charge in [0, 0.05) is 12.2 Å². The Morgan fingerprint density at radius 1 is 1.04 bits per heavy atom. The zero-order valence-electron chi connectivity index (χ0n) is 14.6. The van der Waals surface area contributed by atoms with Crippen molar-refractivity contribution >= 4 is 17.5 Å². The molecule has 0 fully saturated rings. The molecular formula is C20H19FN4O. The van der Waals surface area contributed by atoms with Crippen molar-refractivity contribution in [1.82, 2.24) is 9.97 Å². The third-order valence-electron chi connectivity index (χ3n) is 3.74. The Kier molecular flexibility index (Phi) is 5.22. The number of aryl methyl sites for hydroxylation is 2. The van der Waals surface area contributed by atoms with Crippen LogP contribution in [0, 0.1) is 19.7 Å². The molecule has 0 aliphatic carbocycles. The SMILES string of the molecule is Cc1cccc(CNc2nc(C)cc(C(=O)Nc3ccccc3F)n2)c1. The van der Waals surface area contributed by atoms with Crippen LogP contribution in [-0.2, 0) is 6.54 Å². The largest absolute Gasteiger partial charge is 0.350 e. The van der Waals surface area contributed by atoms with E-state index in [0.717, 1.165) is 5.56 Å². The monoisotopic (exact) mass is 350 g/mol. The second kappa shape index (κ2) is 7.74. The molecule has 1 aromatic heterocycles. The van der Waals surface area contributed by atoms with Crippen molar-refractivity contribution in [3.05, 3.63) is 82.9 Å². The normalized spacial score (nSPS) is 10.4. The van der Waals surface area contributed by atoms with Crippen molar-refractivity contribution in [3.63, 3.8) is 0 Å². The fraction of sp³-hybridized carbons (Fsp3) is 0.150. The van der Waals surface area contributed by atoms with E-state index >= 15 is 0 Å². The number of hydrogen-bond acceptors (Lipinski definition) is 4. The summed E-state index contributed by atoms with van der Waals surface area (Å²) in [6.45, 7) is 4.34. The van der Waals surface area contributed by atoms with Crippen LogP contribution in [0.15, 0.2) is 54.6 Å². The molecule has 2 aromatic carbocycles. The minimum atomic E-state index is -0.496. The zero-order chi connectivity index (χ0) is 18.5. The van der Waals surface area contributed by atoms with E-state index in [1.54, 1.807) is 25.1 Å². The van der Waals surface area contributed by atoms with Crippen LogP contribution in [0.2, 0.25) is 0 Å². The zero-order valence-corrected chi connectivity index (χ0v) is 14.6. The Labute approximate surface area is 151 Å². The summed E-state index contributed by atoms with van der Waals surface area (Å²) in [6, 6.07) is 15.6. The van der Waals surface area contributed by atoms with E-state index in [0.29, 0.717) is 18.2 Å². The molecule has 0 spiro atoms. The Hall–Kier alpha value is -3.28. The van der Waals surface area contributed by atoms with E-state index in [-0.39, 0.29) is 11.4 Å². The van der Waals surface area contributed by atoms with Gasteiger partial charge in [-0.25, -0.2) is 14.4 Å². The summed E-state index contributed by atoms with van der Waals surface area (Å²) in [5.41, 5.74) is 3.19. The lowest BCUT2D eigenvalue weighted by Crippen LogP contribution is -2.16. The minimum absolute atomic E-state index is 0.114. The van der Waals surface area contributed by atoms with Gasteiger partial charge in [0.2, 0.25) is 5.95 Å². The molecule has 0 aliphatic heterocycles. The van der Waals surface area contributed by atoms with Gasteiger partial charge in [-0.3, -0.25) is 4.79 Å². The van der Waals surface area contributed by atoms with Gasteiger partial charge in [0.25, 0.3) is 5.91 Å². The molecule has 0 radical (unpaired) electrons. The van der Waals surface area contributed by atoms with Gasteiger partial charge in [-0.2, -0.15) is 0 Å². The van der Waals surface area contributed by atoms with Crippen LogP contribution in [0.1, 0.15) is 27.3 Å². The molecule has 26 heavy (non-hydrogen) atoms. The number of benzene rings is 2. The first-order valence-corrected chi connectivity index (χ1v) is 8.22. The smallest absolute Gasteiger partial charge is 0.274 e. The van der Waals surface area contributed by atoms with Crippen molar-refractivity contribution in [1.29, 1.82) is 0 Å². The second-order valence-corrected chi connectivity index (χ2v) is 5.99. The van der Waals surface area contributed by atoms with Crippen LogP contribution in [0.5, 0.6) is 0 Å². The summed E-state index contributed by atoms with van der Waals surface area (Å²) in [7, 11) is 0. The maximum atomic E-state index is 13.7. The van der Waals surface area contributed by atoms with Gasteiger partial charge in [0.15, 0.2) is 0 Å². The summed E-state index contributed by atoms with van der Waals surface area (Å²) < 4.78 is 13.7. The van der Waals surface area contributed by atoms with Crippen molar-refractivity contribution in [2.45, 2.75) is 20.4 Å². The maximum absolute atomic E-state index is 13.7. The number of halogens is 1. The lowest BCUT2D eigenvalue weighted by molar-refractivity contribution is 0.102. The van der Waals surface area contributed by atoms with Crippen LogP contribution >= 0.6 is 0 Å². The summed E-state index contributed by atoms with van der Waals surface area (Å²) in [5.74, 6) is -0.631. The Bertz CT molecular complexity index is 943. The van der Waals surface area contributed by atoms with Gasteiger partial charge < -0.3 is 10.6 Å². The van der Waals surface area contributed by atoms with Crippen molar-refractivity contribution in [2.75, 3.05) is 10.6 Å². The number of nitrogens with zero attached hydrogens (tertiary/aromatic N) is 2. The number of rotatable bonds is 5. The third-order valence-corrected chi connectivity index (χ3v) is 3.74. The predicted octanol–water partition coefficient (Wildman–Crippen LogP) is 4.10. The van der Waals surface area contributed by atoms with Gasteiger partial charge in [0.1, 0.15) is 11.5 Å². The van der Waals surface area contributed by atoms with Crippen LogP contribution < -0.4 is 10.6 Å². The van der Waals surface area contributed by atoms with Gasteiger partial charge >= 0.3 is 0 Å². The Balaban J connectivity index is 1.74. The summed E-state index contributed by atoms with van der Waals surface area (Å²) in [5, 5.41) is 5.65. The molecule has 3 aromatic rings. The first-order chi connectivity index (χ1) is 12.5. The molecule has 2 N–H and O–H groups in total. The average molecular weight is 350 g/mol. The Morgan fingerprint density at radius 3 is 2.62 bits per heavy atom. The molecule has 132 valence electrons. The van der Waals surface area contributed by atoms with Gasteiger partial charge in [-0.05, 0) is 37.6 Å². The van der Waals surface area contributed by atoms with Crippen LogP contribution in [-0.4, -0.2) is 15.9 Å². The summed E-state index contributed by atoms with van der Waals surface area (Å²) in [6.07, 6.45) is 0. The van der Waals surface area contributed by atoms with Gasteiger partial charge in [-0.1, -0.05) is 42.0 Å². The van der Waals surface area contributed by atoms with Crippen molar-refractivity contribution in [2.24, 2.45) is 0 Å². The fourth-order valence-corrected chi connectivity index (χ4v) is 2.52. The Morgan fingerprint density at radius 2 is 1.85 bits per heavy atom. The van der Waals surface area contributed by atoms with Crippen LogP contribution in [0.3, 0.4) is 0 Å². The van der Waals surface area contributed by atoms with E-state index in [1.807, 2.05) is 25.1 Å². The van der Waals surface area contributed by atoms with E-state index in [2.05, 4.69) is 26.7 Å². The van der Waals surface area contributed by atoms with Gasteiger partial charge in [-0.15, -0.1) is 0 Å². The third kappa shape index (κ3) is 4.42. The summed E-state index contributed by atoms with van der Waals surface area (Å²) >= 11 is 0. The van der Waals surface area contributed by atoms with Crippen molar-refractivity contribution < 1.29 is 9.18 Å². The highest BCUT2D eigenvalue weighted by molar-refractivity contribution is 6.03. The molecule has 6 heteroatoms. The number of amides is 1. The summed E-state index contributed by atoms with van der Waals surface area (Å²) in [4.78, 5) is 20.9. The predicted molar refractivity (Wildman–Crippen MR) is 99.6 cm³/mol. The molecule has 0 unspecified atom stereocenters. The molecular weight excluding hydrogens is 331 g/mol. The standard InChI is InChI=1S/C20H19FN4O/c1-13-6-5-7-15(10-13)12-22-20-23-14(2)11-18(25-20)19(26)24-17-9-4-3-8-16(17)21/h3-11H,12H2,1-2H3,(H,24,26)(H,22,23,25). The number of anilines is 2.